The van der Waals surface area contributed by atoms with Gasteiger partial charge in [0.05, 0.1) is 10.0 Å². The molecule has 1 N–H and O–H groups in total. The molecular formula is C26H22Cl2FNO. The number of fused-ring (bicyclic) bond motifs is 1. The van der Waals surface area contributed by atoms with Crippen LogP contribution in [0, 0.1) is 5.82 Å². The minimum absolute atomic E-state index is 0.212. The second kappa shape index (κ2) is 10.1. The van der Waals surface area contributed by atoms with Crippen LogP contribution in [-0.2, 0) is 19.6 Å². The van der Waals surface area contributed by atoms with E-state index in [1.54, 1.807) is 6.07 Å². The summed E-state index contributed by atoms with van der Waals surface area (Å²) >= 11 is 12.1. The Kier molecular flexibility index (Phi) is 7.08. The van der Waals surface area contributed by atoms with Crippen LogP contribution in [-0.4, -0.2) is 6.54 Å². The van der Waals surface area contributed by atoms with E-state index in [0.29, 0.717) is 23.2 Å². The Morgan fingerprint density at radius 2 is 1.58 bits per heavy atom. The number of ether oxygens (including phenoxy) is 1. The van der Waals surface area contributed by atoms with Crippen LogP contribution in [0.2, 0.25) is 10.0 Å². The van der Waals surface area contributed by atoms with Gasteiger partial charge < -0.3 is 10.1 Å². The van der Waals surface area contributed by atoms with E-state index in [0.717, 1.165) is 40.8 Å². The van der Waals surface area contributed by atoms with Gasteiger partial charge >= 0.3 is 0 Å². The molecule has 0 aromatic heterocycles. The van der Waals surface area contributed by atoms with Crippen molar-refractivity contribution in [2.45, 2.75) is 19.6 Å². The molecule has 0 fully saturated rings. The molecule has 4 aromatic carbocycles. The van der Waals surface area contributed by atoms with Gasteiger partial charge in [0.25, 0.3) is 0 Å². The fraction of sp³-hybridized carbons (Fsp3) is 0.154. The highest BCUT2D eigenvalue weighted by Gasteiger charge is 2.10. The number of hydrogen-bond acceptors (Lipinski definition) is 2. The second-order valence-corrected chi connectivity index (χ2v) is 8.17. The van der Waals surface area contributed by atoms with Crippen molar-refractivity contribution in [3.05, 3.63) is 111 Å². The Balaban J connectivity index is 1.48. The SMILES string of the molecule is Fc1ccc(CCNCc2c(OCc3ccc(Cl)c(Cl)c3)ccc3ccccc23)cc1. The molecule has 31 heavy (non-hydrogen) atoms. The Labute approximate surface area is 191 Å². The number of hydrogen-bond donors (Lipinski definition) is 1. The fourth-order valence-electron chi connectivity index (χ4n) is 3.52. The van der Waals surface area contributed by atoms with Crippen molar-refractivity contribution in [2.75, 3.05) is 6.54 Å². The maximum Gasteiger partial charge on any atom is 0.124 e. The van der Waals surface area contributed by atoms with Gasteiger partial charge in [-0.2, -0.15) is 0 Å². The van der Waals surface area contributed by atoms with E-state index in [1.165, 1.54) is 17.5 Å². The van der Waals surface area contributed by atoms with Crippen molar-refractivity contribution in [1.29, 1.82) is 0 Å². The molecule has 0 aliphatic heterocycles. The van der Waals surface area contributed by atoms with Crippen LogP contribution >= 0.6 is 23.2 Å². The Bertz CT molecular complexity index is 1180. The van der Waals surface area contributed by atoms with Gasteiger partial charge in [-0.25, -0.2) is 4.39 Å². The van der Waals surface area contributed by atoms with Crippen molar-refractivity contribution in [3.63, 3.8) is 0 Å². The highest BCUT2D eigenvalue weighted by atomic mass is 35.5. The van der Waals surface area contributed by atoms with Gasteiger partial charge in [-0.15, -0.1) is 0 Å². The quantitative estimate of drug-likeness (QED) is 0.285. The standard InChI is InChI=1S/C26H22Cl2FNO/c27-24-11-7-19(15-25(24)28)17-31-26-12-8-20-3-1-2-4-22(20)23(26)16-30-14-13-18-5-9-21(29)10-6-18/h1-12,15,30H,13-14,16-17H2. The Morgan fingerprint density at radius 3 is 2.39 bits per heavy atom. The Hall–Kier alpha value is -2.59. The summed E-state index contributed by atoms with van der Waals surface area (Å²) in [6, 6.07) is 24.5. The monoisotopic (exact) mass is 453 g/mol. The first-order valence-electron chi connectivity index (χ1n) is 10.1. The maximum absolute atomic E-state index is 13.1. The summed E-state index contributed by atoms with van der Waals surface area (Å²) in [6.07, 6.45) is 0.824. The lowest BCUT2D eigenvalue weighted by atomic mass is 10.0. The summed E-state index contributed by atoms with van der Waals surface area (Å²) in [5.41, 5.74) is 3.16. The average Bonchev–Trinajstić information content (AvgIpc) is 2.79. The smallest absolute Gasteiger partial charge is 0.124 e. The number of halogens is 3. The minimum Gasteiger partial charge on any atom is -0.489 e. The van der Waals surface area contributed by atoms with Gasteiger partial charge in [-0.05, 0) is 65.2 Å². The zero-order valence-electron chi connectivity index (χ0n) is 16.9. The van der Waals surface area contributed by atoms with Gasteiger partial charge in [-0.1, -0.05) is 71.7 Å². The summed E-state index contributed by atoms with van der Waals surface area (Å²) in [6.45, 7) is 1.85. The molecule has 2 nitrogen and oxygen atoms in total. The molecule has 4 rings (SSSR count). The molecule has 0 atom stereocenters. The predicted molar refractivity (Wildman–Crippen MR) is 127 cm³/mol. The van der Waals surface area contributed by atoms with Gasteiger partial charge in [0.1, 0.15) is 18.2 Å². The molecule has 0 heterocycles. The topological polar surface area (TPSA) is 21.3 Å². The summed E-state index contributed by atoms with van der Waals surface area (Å²) in [5.74, 6) is 0.621. The van der Waals surface area contributed by atoms with Crippen molar-refractivity contribution in [2.24, 2.45) is 0 Å². The molecule has 0 spiro atoms. The minimum atomic E-state index is -0.212. The van der Waals surface area contributed by atoms with Gasteiger partial charge in [0, 0.05) is 12.1 Å². The van der Waals surface area contributed by atoms with E-state index in [1.807, 2.05) is 42.5 Å². The van der Waals surface area contributed by atoms with Crippen molar-refractivity contribution in [1.82, 2.24) is 5.32 Å². The third-order valence-corrected chi connectivity index (χ3v) is 5.92. The first kappa shape index (κ1) is 21.6. The third kappa shape index (κ3) is 5.56. The van der Waals surface area contributed by atoms with Crippen LogP contribution in [0.15, 0.2) is 78.9 Å². The highest BCUT2D eigenvalue weighted by molar-refractivity contribution is 6.42. The van der Waals surface area contributed by atoms with Crippen LogP contribution in [0.1, 0.15) is 16.7 Å². The lowest BCUT2D eigenvalue weighted by molar-refractivity contribution is 0.303. The molecule has 4 aromatic rings. The lowest BCUT2D eigenvalue weighted by Crippen LogP contribution is -2.17. The van der Waals surface area contributed by atoms with Crippen molar-refractivity contribution in [3.8, 4) is 5.75 Å². The molecule has 0 radical (unpaired) electrons. The summed E-state index contributed by atoms with van der Waals surface area (Å²) in [7, 11) is 0. The van der Waals surface area contributed by atoms with Crippen LogP contribution in [0.5, 0.6) is 5.75 Å². The Morgan fingerprint density at radius 1 is 0.806 bits per heavy atom. The van der Waals surface area contributed by atoms with Crippen molar-refractivity contribution >= 4 is 34.0 Å². The zero-order valence-corrected chi connectivity index (χ0v) is 18.4. The molecule has 0 unspecified atom stereocenters. The van der Waals surface area contributed by atoms with Gasteiger partial charge in [-0.3, -0.25) is 0 Å². The van der Waals surface area contributed by atoms with E-state index in [-0.39, 0.29) is 5.82 Å². The molecule has 0 saturated heterocycles. The highest BCUT2D eigenvalue weighted by Crippen LogP contribution is 2.29. The molecule has 0 bridgehead atoms. The van der Waals surface area contributed by atoms with Crippen molar-refractivity contribution < 1.29 is 9.13 Å². The van der Waals surface area contributed by atoms with E-state index >= 15 is 0 Å². The number of benzene rings is 4. The van der Waals surface area contributed by atoms with Crippen LogP contribution in [0.25, 0.3) is 10.8 Å². The summed E-state index contributed by atoms with van der Waals surface area (Å²) < 4.78 is 19.3. The van der Waals surface area contributed by atoms with Crippen LogP contribution in [0.3, 0.4) is 0 Å². The normalized spacial score (nSPS) is 11.1. The number of nitrogens with one attached hydrogen (secondary N) is 1. The summed E-state index contributed by atoms with van der Waals surface area (Å²) in [4.78, 5) is 0. The molecule has 5 heteroatoms. The van der Waals surface area contributed by atoms with Crippen LogP contribution < -0.4 is 10.1 Å². The van der Waals surface area contributed by atoms with Crippen LogP contribution in [0.4, 0.5) is 4.39 Å². The molecule has 0 saturated carbocycles. The average molecular weight is 454 g/mol. The first-order valence-corrected chi connectivity index (χ1v) is 10.9. The first-order chi connectivity index (χ1) is 15.1. The third-order valence-electron chi connectivity index (χ3n) is 5.18. The lowest BCUT2D eigenvalue weighted by Gasteiger charge is -2.15. The van der Waals surface area contributed by atoms with E-state index in [4.69, 9.17) is 27.9 Å². The maximum atomic E-state index is 13.1. The molecule has 158 valence electrons. The molecule has 0 aliphatic carbocycles. The van der Waals surface area contributed by atoms with E-state index < -0.39 is 0 Å². The molecule has 0 amide bonds. The largest absolute Gasteiger partial charge is 0.489 e. The van der Waals surface area contributed by atoms with E-state index in [9.17, 15) is 4.39 Å². The molecule has 0 aliphatic rings. The van der Waals surface area contributed by atoms with Gasteiger partial charge in [0.2, 0.25) is 0 Å². The van der Waals surface area contributed by atoms with Gasteiger partial charge in [0.15, 0.2) is 0 Å². The zero-order chi connectivity index (χ0) is 21.6. The fourth-order valence-corrected chi connectivity index (χ4v) is 3.84. The number of rotatable bonds is 8. The molecular weight excluding hydrogens is 432 g/mol. The van der Waals surface area contributed by atoms with E-state index in [2.05, 4.69) is 23.5 Å². The predicted octanol–water partition coefficient (Wildman–Crippen LogP) is 7.20. The second-order valence-electron chi connectivity index (χ2n) is 7.35. The summed E-state index contributed by atoms with van der Waals surface area (Å²) in [5, 5.41) is 6.87.